The average Bonchev–Trinajstić information content (AvgIpc) is 2.66. The molecule has 0 bridgehead atoms. The van der Waals surface area contributed by atoms with Gasteiger partial charge in [-0.2, -0.15) is 0 Å². The second-order valence-electron chi connectivity index (χ2n) is 6.34. The predicted molar refractivity (Wildman–Crippen MR) is 61.1 cm³/mol. The van der Waals surface area contributed by atoms with Crippen molar-refractivity contribution in [1.29, 1.82) is 0 Å². The van der Waals surface area contributed by atoms with E-state index in [1.165, 1.54) is 7.11 Å². The Hall–Kier alpha value is -0.710. The third kappa shape index (κ3) is 1.92. The summed E-state index contributed by atoms with van der Waals surface area (Å²) in [5.74, 6) is -3.47. The molecule has 0 aromatic carbocycles. The second kappa shape index (κ2) is 3.89. The molecule has 2 aliphatic rings. The molecule has 0 spiro atoms. The molecule has 3 nitrogen and oxygen atoms in total. The summed E-state index contributed by atoms with van der Waals surface area (Å²) < 4.78 is 31.2. The monoisotopic (exact) mass is 262 g/mol. The Labute approximate surface area is 106 Å². The Balaban J connectivity index is 2.16. The minimum absolute atomic E-state index is 0.169. The van der Waals surface area contributed by atoms with Crippen LogP contribution >= 0.6 is 0 Å². The van der Waals surface area contributed by atoms with E-state index in [0.29, 0.717) is 0 Å². The van der Waals surface area contributed by atoms with E-state index in [-0.39, 0.29) is 37.5 Å². The molecule has 0 heterocycles. The lowest BCUT2D eigenvalue weighted by Gasteiger charge is -2.38. The molecule has 2 aliphatic carbocycles. The highest BCUT2D eigenvalue weighted by molar-refractivity contribution is 5.77. The quantitative estimate of drug-likeness (QED) is 0.777. The first kappa shape index (κ1) is 13.7. The van der Waals surface area contributed by atoms with Gasteiger partial charge in [0.15, 0.2) is 0 Å². The van der Waals surface area contributed by atoms with Crippen molar-refractivity contribution in [3.05, 3.63) is 0 Å². The second-order valence-corrected chi connectivity index (χ2v) is 6.34. The van der Waals surface area contributed by atoms with E-state index < -0.39 is 22.9 Å². The smallest absolute Gasteiger partial charge is 0.314 e. The van der Waals surface area contributed by atoms with Crippen molar-refractivity contribution in [3.8, 4) is 0 Å². The number of aliphatic hydroxyl groups is 1. The summed E-state index contributed by atoms with van der Waals surface area (Å²) >= 11 is 0. The fourth-order valence-electron chi connectivity index (χ4n) is 3.57. The Morgan fingerprint density at radius 1 is 1.22 bits per heavy atom. The Bertz CT molecular complexity index is 349. The lowest BCUT2D eigenvalue weighted by Crippen LogP contribution is -2.49. The van der Waals surface area contributed by atoms with Gasteiger partial charge in [-0.3, -0.25) is 4.79 Å². The fourth-order valence-corrected chi connectivity index (χ4v) is 3.57. The van der Waals surface area contributed by atoms with Crippen molar-refractivity contribution in [2.45, 2.75) is 51.1 Å². The van der Waals surface area contributed by atoms with Crippen LogP contribution in [0.3, 0.4) is 0 Å². The molecule has 18 heavy (non-hydrogen) atoms. The van der Waals surface area contributed by atoms with Gasteiger partial charge in [0.25, 0.3) is 0 Å². The summed E-state index contributed by atoms with van der Waals surface area (Å²) in [5, 5.41) is 10.7. The zero-order valence-corrected chi connectivity index (χ0v) is 11.0. The normalized spacial score (nSPS) is 38.6. The topological polar surface area (TPSA) is 46.5 Å². The van der Waals surface area contributed by atoms with Gasteiger partial charge in [0.05, 0.1) is 18.1 Å². The van der Waals surface area contributed by atoms with E-state index in [9.17, 15) is 18.7 Å². The van der Waals surface area contributed by atoms with Crippen LogP contribution in [0, 0.1) is 17.3 Å². The third-order valence-corrected chi connectivity index (χ3v) is 4.85. The van der Waals surface area contributed by atoms with Crippen LogP contribution in [0.5, 0.6) is 0 Å². The van der Waals surface area contributed by atoms with Gasteiger partial charge in [-0.05, 0) is 38.5 Å². The molecule has 1 N–H and O–H groups in total. The van der Waals surface area contributed by atoms with Crippen molar-refractivity contribution in [1.82, 2.24) is 0 Å². The summed E-state index contributed by atoms with van der Waals surface area (Å²) in [7, 11) is 1.28. The lowest BCUT2D eigenvalue weighted by molar-refractivity contribution is -0.169. The molecule has 5 heteroatoms. The molecule has 0 radical (unpaired) electrons. The average molecular weight is 262 g/mol. The summed E-state index contributed by atoms with van der Waals surface area (Å²) in [5.41, 5.74) is -2.28. The van der Waals surface area contributed by atoms with Crippen LogP contribution in [0.4, 0.5) is 8.78 Å². The van der Waals surface area contributed by atoms with Crippen molar-refractivity contribution in [2.24, 2.45) is 17.3 Å². The molecule has 0 aromatic rings. The number of fused-ring (bicyclic) bond motifs is 1. The zero-order chi connectivity index (χ0) is 13.8. The maximum atomic E-state index is 13.3. The van der Waals surface area contributed by atoms with Gasteiger partial charge in [0, 0.05) is 12.8 Å². The summed E-state index contributed by atoms with van der Waals surface area (Å²) in [6.45, 7) is 3.25. The number of esters is 1. The van der Waals surface area contributed by atoms with Crippen LogP contribution in [0.15, 0.2) is 0 Å². The highest BCUT2D eigenvalue weighted by Gasteiger charge is 2.61. The molecular formula is C13H20F2O3. The van der Waals surface area contributed by atoms with Crippen molar-refractivity contribution in [2.75, 3.05) is 7.11 Å². The minimum Gasteiger partial charge on any atom is -0.469 e. The first-order valence-electron chi connectivity index (χ1n) is 6.30. The van der Waals surface area contributed by atoms with E-state index in [4.69, 9.17) is 4.74 Å². The molecule has 0 saturated heterocycles. The molecule has 2 atom stereocenters. The number of carbonyl (C=O) groups excluding carboxylic acids is 1. The van der Waals surface area contributed by atoms with Crippen LogP contribution in [0.2, 0.25) is 0 Å². The zero-order valence-electron chi connectivity index (χ0n) is 11.0. The molecule has 2 fully saturated rings. The maximum absolute atomic E-state index is 13.3. The summed E-state index contributed by atoms with van der Waals surface area (Å²) in [4.78, 5) is 11.7. The molecule has 2 rings (SSSR count). The maximum Gasteiger partial charge on any atom is 0.314 e. The van der Waals surface area contributed by atoms with Gasteiger partial charge in [-0.1, -0.05) is 0 Å². The van der Waals surface area contributed by atoms with Crippen molar-refractivity contribution in [3.63, 3.8) is 0 Å². The highest BCUT2D eigenvalue weighted by Crippen LogP contribution is 2.58. The van der Waals surface area contributed by atoms with Gasteiger partial charge in [-0.15, -0.1) is 0 Å². The fraction of sp³-hybridized carbons (Fsp3) is 0.923. The number of carbonyl (C=O) groups is 1. The Morgan fingerprint density at radius 3 is 2.06 bits per heavy atom. The number of ether oxygens (including phenoxy) is 1. The molecular weight excluding hydrogens is 242 g/mol. The van der Waals surface area contributed by atoms with Crippen LogP contribution in [-0.4, -0.2) is 29.7 Å². The lowest BCUT2D eigenvalue weighted by atomic mass is 9.72. The minimum atomic E-state index is -2.61. The summed E-state index contributed by atoms with van der Waals surface area (Å²) in [6.07, 6.45) is 0.180. The van der Waals surface area contributed by atoms with Crippen LogP contribution < -0.4 is 0 Å². The van der Waals surface area contributed by atoms with E-state index in [2.05, 4.69) is 0 Å². The highest BCUT2D eigenvalue weighted by atomic mass is 19.3. The Morgan fingerprint density at radius 2 is 1.67 bits per heavy atom. The predicted octanol–water partition coefficient (Wildman–Crippen LogP) is 2.37. The summed E-state index contributed by atoms with van der Waals surface area (Å²) in [6, 6.07) is 0. The van der Waals surface area contributed by atoms with Crippen molar-refractivity contribution >= 4 is 5.97 Å². The van der Waals surface area contributed by atoms with Gasteiger partial charge < -0.3 is 9.84 Å². The molecule has 0 aromatic heterocycles. The molecule has 2 unspecified atom stereocenters. The first-order valence-corrected chi connectivity index (χ1v) is 6.30. The number of rotatable bonds is 2. The molecule has 0 amide bonds. The molecule has 104 valence electrons. The van der Waals surface area contributed by atoms with E-state index in [0.717, 1.165) is 0 Å². The van der Waals surface area contributed by atoms with E-state index >= 15 is 0 Å². The van der Waals surface area contributed by atoms with Crippen LogP contribution in [0.25, 0.3) is 0 Å². The number of hydrogen-bond donors (Lipinski definition) is 1. The largest absolute Gasteiger partial charge is 0.469 e. The number of halogens is 2. The van der Waals surface area contributed by atoms with Crippen molar-refractivity contribution < 1.29 is 23.4 Å². The van der Waals surface area contributed by atoms with E-state index in [1.807, 2.05) is 0 Å². The number of methoxy groups -OCH3 is 1. The third-order valence-electron chi connectivity index (χ3n) is 4.85. The first-order chi connectivity index (χ1) is 8.11. The SMILES string of the molecule is COC(=O)C(C)(C)C1(O)CC2CC(F)(F)CC2C1. The molecule has 0 aliphatic heterocycles. The van der Waals surface area contributed by atoms with E-state index in [1.54, 1.807) is 13.8 Å². The van der Waals surface area contributed by atoms with Gasteiger partial charge in [0.1, 0.15) is 0 Å². The molecule has 2 saturated carbocycles. The Kier molecular flexibility index (Phi) is 2.96. The number of hydrogen-bond acceptors (Lipinski definition) is 3. The van der Waals surface area contributed by atoms with Gasteiger partial charge in [0.2, 0.25) is 5.92 Å². The van der Waals surface area contributed by atoms with Crippen LogP contribution in [0.1, 0.15) is 39.5 Å². The number of alkyl halides is 2. The van der Waals surface area contributed by atoms with Crippen LogP contribution in [-0.2, 0) is 9.53 Å². The standard InChI is InChI=1S/C13H20F2O3/c1-11(2,10(16)18-3)12(17)4-8-6-13(14,15)7-9(8)5-12/h8-9,17H,4-7H2,1-3H3. The van der Waals surface area contributed by atoms with Gasteiger partial charge >= 0.3 is 5.97 Å². The van der Waals surface area contributed by atoms with Gasteiger partial charge in [-0.25, -0.2) is 8.78 Å².